The van der Waals surface area contributed by atoms with E-state index < -0.39 is 0 Å². The van der Waals surface area contributed by atoms with Gasteiger partial charge in [0.25, 0.3) is 0 Å². The smallest absolute Gasteiger partial charge is 0.0446 e. The van der Waals surface area contributed by atoms with Crippen molar-refractivity contribution in [2.24, 2.45) is 4.99 Å². The van der Waals surface area contributed by atoms with Crippen LogP contribution in [0, 0.1) is 5.41 Å². The fourth-order valence-corrected chi connectivity index (χ4v) is 0.503. The van der Waals surface area contributed by atoms with Crippen LogP contribution in [0.3, 0.4) is 0 Å². The fraction of sp³-hybridized carbons (Fsp3) is 0.429. The Balaban J connectivity index is 3.74. The van der Waals surface area contributed by atoms with Crippen molar-refractivity contribution in [2.75, 3.05) is 0 Å². The van der Waals surface area contributed by atoms with Crippen molar-refractivity contribution in [3.8, 4) is 0 Å². The van der Waals surface area contributed by atoms with Crippen molar-refractivity contribution in [1.82, 2.24) is 0 Å². The van der Waals surface area contributed by atoms with Gasteiger partial charge in [-0.2, -0.15) is 0 Å². The van der Waals surface area contributed by atoms with Gasteiger partial charge in [0.05, 0.1) is 0 Å². The van der Waals surface area contributed by atoms with E-state index in [0.717, 1.165) is 12.1 Å². The maximum Gasteiger partial charge on any atom is 0.0446 e. The summed E-state index contributed by atoms with van der Waals surface area (Å²) >= 11 is 0. The van der Waals surface area contributed by atoms with Gasteiger partial charge in [0.1, 0.15) is 0 Å². The van der Waals surface area contributed by atoms with Crippen LogP contribution in [0.25, 0.3) is 0 Å². The highest BCUT2D eigenvalue weighted by Crippen LogP contribution is 1.93. The summed E-state index contributed by atoms with van der Waals surface area (Å²) in [5.74, 6) is 0. The molecule has 0 unspecified atom stereocenters. The van der Waals surface area contributed by atoms with E-state index in [9.17, 15) is 0 Å². The lowest BCUT2D eigenvalue weighted by Gasteiger charge is -1.85. The van der Waals surface area contributed by atoms with Crippen molar-refractivity contribution in [3.63, 3.8) is 0 Å². The number of nitrogens with zero attached hydrogens (tertiary/aromatic N) is 1. The average Bonchev–Trinajstić information content (AvgIpc) is 1.85. The van der Waals surface area contributed by atoms with Gasteiger partial charge in [-0.05, 0) is 13.3 Å². The molecule has 0 fully saturated rings. The Morgan fingerprint density at radius 2 is 2.33 bits per heavy atom. The van der Waals surface area contributed by atoms with Crippen molar-refractivity contribution >= 4 is 12.4 Å². The van der Waals surface area contributed by atoms with E-state index >= 15 is 0 Å². The van der Waals surface area contributed by atoms with Crippen molar-refractivity contribution in [3.05, 3.63) is 11.8 Å². The maximum atomic E-state index is 6.63. The number of rotatable bonds is 3. The minimum atomic E-state index is 0.973. The molecule has 0 radical (unpaired) electrons. The molecule has 2 nitrogen and oxygen atoms in total. The quantitative estimate of drug-likeness (QED) is 0.559. The van der Waals surface area contributed by atoms with Crippen molar-refractivity contribution in [2.45, 2.75) is 20.3 Å². The molecule has 0 bridgehead atoms. The molecule has 0 aromatic heterocycles. The zero-order valence-corrected chi connectivity index (χ0v) is 5.89. The molecule has 0 amide bonds. The highest BCUT2D eigenvalue weighted by atomic mass is 14.7. The van der Waals surface area contributed by atoms with Crippen LogP contribution in [0.1, 0.15) is 20.3 Å². The molecule has 0 aromatic carbocycles. The molecule has 0 aromatic rings. The molecular weight excluding hydrogens is 112 g/mol. The minimum absolute atomic E-state index is 0.973. The number of nitrogens with one attached hydrogen (secondary N) is 1. The molecular formula is C7H12N2. The van der Waals surface area contributed by atoms with Crippen LogP contribution in [-0.2, 0) is 0 Å². The molecule has 0 aliphatic heterocycles. The van der Waals surface area contributed by atoms with Gasteiger partial charge in [0, 0.05) is 18.1 Å². The summed E-state index contributed by atoms with van der Waals surface area (Å²) < 4.78 is 0. The third-order valence-corrected chi connectivity index (χ3v) is 0.852. The van der Waals surface area contributed by atoms with E-state index in [0.29, 0.717) is 0 Å². The molecule has 0 rings (SSSR count). The molecule has 0 aliphatic carbocycles. The molecule has 0 heterocycles. The van der Waals surface area contributed by atoms with E-state index in [4.69, 9.17) is 5.41 Å². The first-order valence-corrected chi connectivity index (χ1v) is 3.01. The summed E-state index contributed by atoms with van der Waals surface area (Å²) in [5, 5.41) is 6.63. The van der Waals surface area contributed by atoms with Crippen LogP contribution >= 0.6 is 0 Å². The molecule has 50 valence electrons. The van der Waals surface area contributed by atoms with Gasteiger partial charge in [-0.1, -0.05) is 13.0 Å². The van der Waals surface area contributed by atoms with E-state index in [1.54, 1.807) is 0 Å². The number of allylic oxidation sites excluding steroid dienone is 2. The Kier molecular flexibility index (Phi) is 4.69. The SMILES string of the molecule is CC/C=C(/C)N=CC=N. The van der Waals surface area contributed by atoms with Gasteiger partial charge in [0.15, 0.2) is 0 Å². The minimum Gasteiger partial charge on any atom is -0.307 e. The van der Waals surface area contributed by atoms with Gasteiger partial charge in [-0.3, -0.25) is 4.99 Å². The van der Waals surface area contributed by atoms with E-state index in [1.807, 2.05) is 13.0 Å². The van der Waals surface area contributed by atoms with Crippen LogP contribution in [-0.4, -0.2) is 12.4 Å². The first-order valence-electron chi connectivity index (χ1n) is 3.01. The Hall–Kier alpha value is -0.920. The summed E-state index contributed by atoms with van der Waals surface area (Å²) in [6, 6.07) is 0. The number of hydrogen-bond acceptors (Lipinski definition) is 2. The van der Waals surface area contributed by atoms with Crippen LogP contribution < -0.4 is 0 Å². The Morgan fingerprint density at radius 3 is 2.78 bits per heavy atom. The fourth-order valence-electron chi connectivity index (χ4n) is 0.503. The van der Waals surface area contributed by atoms with Crippen LogP contribution in [0.2, 0.25) is 0 Å². The molecule has 1 N–H and O–H groups in total. The molecule has 2 heteroatoms. The Morgan fingerprint density at radius 1 is 1.67 bits per heavy atom. The van der Waals surface area contributed by atoms with Crippen LogP contribution in [0.15, 0.2) is 16.8 Å². The lowest BCUT2D eigenvalue weighted by Crippen LogP contribution is -1.73. The third-order valence-electron chi connectivity index (χ3n) is 0.852. The molecule has 0 atom stereocenters. The summed E-state index contributed by atoms with van der Waals surface area (Å²) in [7, 11) is 0. The Bertz CT molecular complexity index is 134. The lowest BCUT2D eigenvalue weighted by atomic mass is 10.4. The van der Waals surface area contributed by atoms with Crippen molar-refractivity contribution < 1.29 is 0 Å². The standard InChI is InChI=1S/C7H12N2/c1-3-4-7(2)9-6-5-8/h4-6,8H,3H2,1-2H3/b7-4-,8-5?,9-6?. The van der Waals surface area contributed by atoms with E-state index in [2.05, 4.69) is 11.9 Å². The summed E-state index contributed by atoms with van der Waals surface area (Å²) in [5.41, 5.74) is 0.973. The zero-order chi connectivity index (χ0) is 7.11. The second-order valence-corrected chi connectivity index (χ2v) is 1.70. The van der Waals surface area contributed by atoms with Crippen molar-refractivity contribution in [1.29, 1.82) is 5.41 Å². The molecule has 0 aliphatic rings. The molecule has 0 saturated carbocycles. The summed E-state index contributed by atoms with van der Waals surface area (Å²) in [4.78, 5) is 3.93. The number of hydrogen-bond donors (Lipinski definition) is 1. The second kappa shape index (κ2) is 5.22. The Labute approximate surface area is 55.8 Å². The van der Waals surface area contributed by atoms with Gasteiger partial charge in [0.2, 0.25) is 0 Å². The summed E-state index contributed by atoms with van der Waals surface area (Å²) in [6.07, 6.45) is 5.66. The molecule has 9 heavy (non-hydrogen) atoms. The second-order valence-electron chi connectivity index (χ2n) is 1.70. The highest BCUT2D eigenvalue weighted by molar-refractivity contribution is 6.14. The topological polar surface area (TPSA) is 36.2 Å². The van der Waals surface area contributed by atoms with Gasteiger partial charge in [-0.15, -0.1) is 0 Å². The third kappa shape index (κ3) is 4.94. The zero-order valence-electron chi connectivity index (χ0n) is 5.89. The first-order chi connectivity index (χ1) is 4.31. The van der Waals surface area contributed by atoms with Crippen LogP contribution in [0.4, 0.5) is 0 Å². The predicted molar refractivity (Wildman–Crippen MR) is 41.3 cm³/mol. The average molecular weight is 124 g/mol. The van der Waals surface area contributed by atoms with E-state index in [-0.39, 0.29) is 0 Å². The van der Waals surface area contributed by atoms with Crippen LogP contribution in [0.5, 0.6) is 0 Å². The number of aliphatic imine (C=N–C) groups is 1. The molecule has 0 saturated heterocycles. The van der Waals surface area contributed by atoms with Gasteiger partial charge in [-0.25, -0.2) is 0 Å². The maximum absolute atomic E-state index is 6.63. The lowest BCUT2D eigenvalue weighted by molar-refractivity contribution is 1.16. The molecule has 0 spiro atoms. The highest BCUT2D eigenvalue weighted by Gasteiger charge is 1.76. The monoisotopic (exact) mass is 124 g/mol. The van der Waals surface area contributed by atoms with E-state index in [1.165, 1.54) is 12.4 Å². The summed E-state index contributed by atoms with van der Waals surface area (Å²) in [6.45, 7) is 3.98. The first kappa shape index (κ1) is 8.08. The normalized spacial score (nSPS) is 12.4. The van der Waals surface area contributed by atoms with Gasteiger partial charge < -0.3 is 5.41 Å². The largest absolute Gasteiger partial charge is 0.307 e. The predicted octanol–water partition coefficient (Wildman–Crippen LogP) is 2.02. The van der Waals surface area contributed by atoms with Gasteiger partial charge >= 0.3 is 0 Å².